The van der Waals surface area contributed by atoms with Crippen molar-refractivity contribution >= 4 is 5.91 Å². The predicted molar refractivity (Wildman–Crippen MR) is 81.7 cm³/mol. The lowest BCUT2D eigenvalue weighted by Crippen LogP contribution is -2.41. The van der Waals surface area contributed by atoms with Crippen molar-refractivity contribution in [2.45, 2.75) is 45.6 Å². The molecule has 21 heavy (non-hydrogen) atoms. The smallest absolute Gasteiger partial charge is 0.271 e. The number of aromatic nitrogens is 1. The zero-order valence-corrected chi connectivity index (χ0v) is 12.6. The fraction of sp³-hybridized carbons (Fsp3) is 0.529. The van der Waals surface area contributed by atoms with Crippen molar-refractivity contribution in [1.29, 1.82) is 0 Å². The highest BCUT2D eigenvalue weighted by Crippen LogP contribution is 2.35. The van der Waals surface area contributed by atoms with Gasteiger partial charge in [0.15, 0.2) is 0 Å². The Morgan fingerprint density at radius 3 is 3.10 bits per heavy atom. The van der Waals surface area contributed by atoms with E-state index in [0.29, 0.717) is 11.3 Å². The summed E-state index contributed by atoms with van der Waals surface area (Å²) in [4.78, 5) is 16.5. The van der Waals surface area contributed by atoms with Gasteiger partial charge in [-0.2, -0.15) is 0 Å². The second-order valence-corrected chi connectivity index (χ2v) is 6.29. The Balaban J connectivity index is 2.10. The molecule has 1 unspecified atom stereocenters. The van der Waals surface area contributed by atoms with Gasteiger partial charge in [-0.15, -0.1) is 0 Å². The van der Waals surface area contributed by atoms with Crippen LogP contribution >= 0.6 is 0 Å². The Morgan fingerprint density at radius 1 is 1.57 bits per heavy atom. The van der Waals surface area contributed by atoms with Gasteiger partial charge in [0.25, 0.3) is 5.91 Å². The lowest BCUT2D eigenvalue weighted by atomic mass is 9.75. The third-order valence-corrected chi connectivity index (χ3v) is 3.87. The standard InChI is InChI=1S/C17H22N2O2/c1-17(2)9-3-8-14(12-17)19-16(21)15-13(7-5-11-20)6-4-10-18-15/h4,6,10,14,20H,3,8-9,11-12H2,1-2H3,(H,19,21). The van der Waals surface area contributed by atoms with Gasteiger partial charge in [-0.25, -0.2) is 4.98 Å². The topological polar surface area (TPSA) is 62.2 Å². The summed E-state index contributed by atoms with van der Waals surface area (Å²) in [7, 11) is 0. The molecule has 1 saturated carbocycles. The molecule has 1 heterocycles. The summed E-state index contributed by atoms with van der Waals surface area (Å²) in [5, 5.41) is 11.9. The molecule has 4 heteroatoms. The van der Waals surface area contributed by atoms with E-state index in [-0.39, 0.29) is 24.0 Å². The Hall–Kier alpha value is -1.86. The Labute approximate surface area is 126 Å². The second kappa shape index (κ2) is 6.73. The van der Waals surface area contributed by atoms with Crippen LogP contribution in [0.2, 0.25) is 0 Å². The molecule has 1 aromatic rings. The molecule has 1 amide bonds. The molecule has 2 rings (SSSR count). The zero-order valence-electron chi connectivity index (χ0n) is 12.6. The summed E-state index contributed by atoms with van der Waals surface area (Å²) < 4.78 is 0. The molecule has 0 aliphatic heterocycles. The molecule has 4 nitrogen and oxygen atoms in total. The van der Waals surface area contributed by atoms with Crippen LogP contribution in [0.15, 0.2) is 18.3 Å². The Bertz CT molecular complexity index is 570. The monoisotopic (exact) mass is 286 g/mol. The van der Waals surface area contributed by atoms with E-state index >= 15 is 0 Å². The summed E-state index contributed by atoms with van der Waals surface area (Å²) in [5.74, 6) is 5.16. The fourth-order valence-electron chi connectivity index (χ4n) is 2.90. The lowest BCUT2D eigenvalue weighted by molar-refractivity contribution is 0.0897. The number of hydrogen-bond acceptors (Lipinski definition) is 3. The number of aliphatic hydroxyl groups excluding tert-OH is 1. The Kier molecular flexibility index (Phi) is 4.98. The quantitative estimate of drug-likeness (QED) is 0.819. The highest BCUT2D eigenvalue weighted by molar-refractivity contribution is 5.94. The number of pyridine rings is 1. The van der Waals surface area contributed by atoms with E-state index in [0.717, 1.165) is 19.3 Å². The molecular formula is C17H22N2O2. The van der Waals surface area contributed by atoms with Crippen molar-refractivity contribution in [1.82, 2.24) is 10.3 Å². The number of carbonyl (C=O) groups excluding carboxylic acids is 1. The summed E-state index contributed by atoms with van der Waals surface area (Å²) in [6, 6.07) is 3.68. The van der Waals surface area contributed by atoms with Crippen molar-refractivity contribution in [2.24, 2.45) is 5.41 Å². The first-order valence-corrected chi connectivity index (χ1v) is 7.37. The molecule has 0 bridgehead atoms. The second-order valence-electron chi connectivity index (χ2n) is 6.29. The van der Waals surface area contributed by atoms with Crippen LogP contribution < -0.4 is 5.32 Å². The minimum atomic E-state index is -0.229. The third-order valence-electron chi connectivity index (χ3n) is 3.87. The molecule has 1 aromatic heterocycles. The van der Waals surface area contributed by atoms with Gasteiger partial charge in [0.1, 0.15) is 12.3 Å². The van der Waals surface area contributed by atoms with Crippen LogP contribution in [0.5, 0.6) is 0 Å². The van der Waals surface area contributed by atoms with Crippen LogP contribution in [0.4, 0.5) is 0 Å². The first-order valence-electron chi connectivity index (χ1n) is 7.37. The molecule has 1 atom stereocenters. The van der Waals surface area contributed by atoms with Gasteiger partial charge >= 0.3 is 0 Å². The summed E-state index contributed by atoms with van der Waals surface area (Å²) in [6.07, 6.45) is 5.93. The van der Waals surface area contributed by atoms with E-state index in [9.17, 15) is 4.79 Å². The fourth-order valence-corrected chi connectivity index (χ4v) is 2.90. The highest BCUT2D eigenvalue weighted by atomic mass is 16.2. The maximum Gasteiger partial charge on any atom is 0.271 e. The van der Waals surface area contributed by atoms with Crippen LogP contribution in [0, 0.1) is 17.3 Å². The van der Waals surface area contributed by atoms with Crippen molar-refractivity contribution in [3.63, 3.8) is 0 Å². The maximum atomic E-state index is 12.4. The van der Waals surface area contributed by atoms with E-state index in [1.165, 1.54) is 6.42 Å². The molecule has 1 fully saturated rings. The van der Waals surface area contributed by atoms with E-state index in [1.54, 1.807) is 18.3 Å². The van der Waals surface area contributed by atoms with Gasteiger partial charge in [-0.3, -0.25) is 4.79 Å². The van der Waals surface area contributed by atoms with Gasteiger partial charge in [-0.1, -0.05) is 32.1 Å². The Morgan fingerprint density at radius 2 is 2.38 bits per heavy atom. The third kappa shape index (κ3) is 4.30. The molecule has 0 aromatic carbocycles. The van der Waals surface area contributed by atoms with Gasteiger partial charge in [0.2, 0.25) is 0 Å². The SMILES string of the molecule is CC1(C)CCCC(NC(=O)c2ncccc2C#CCO)C1. The van der Waals surface area contributed by atoms with Gasteiger partial charge in [0, 0.05) is 12.2 Å². The highest BCUT2D eigenvalue weighted by Gasteiger charge is 2.29. The van der Waals surface area contributed by atoms with E-state index in [1.807, 2.05) is 0 Å². The maximum absolute atomic E-state index is 12.4. The van der Waals surface area contributed by atoms with E-state index < -0.39 is 0 Å². The van der Waals surface area contributed by atoms with E-state index in [2.05, 4.69) is 36.0 Å². The van der Waals surface area contributed by atoms with Gasteiger partial charge in [0.05, 0.1) is 5.56 Å². The predicted octanol–water partition coefficient (Wildman–Crippen LogP) is 2.12. The van der Waals surface area contributed by atoms with Crippen LogP contribution in [-0.2, 0) is 0 Å². The number of aliphatic hydroxyl groups is 1. The van der Waals surface area contributed by atoms with Crippen molar-refractivity contribution in [3.05, 3.63) is 29.6 Å². The first-order chi connectivity index (χ1) is 10.0. The van der Waals surface area contributed by atoms with Gasteiger partial charge < -0.3 is 10.4 Å². The van der Waals surface area contributed by atoms with Gasteiger partial charge in [-0.05, 0) is 36.8 Å². The number of amides is 1. The number of rotatable bonds is 2. The van der Waals surface area contributed by atoms with Crippen LogP contribution in [0.1, 0.15) is 55.6 Å². The van der Waals surface area contributed by atoms with Crippen LogP contribution in [0.25, 0.3) is 0 Å². The molecule has 0 saturated heterocycles. The summed E-state index contributed by atoms with van der Waals surface area (Å²) in [5.41, 5.74) is 1.17. The average molecular weight is 286 g/mol. The summed E-state index contributed by atoms with van der Waals surface area (Å²) >= 11 is 0. The molecular weight excluding hydrogens is 264 g/mol. The van der Waals surface area contributed by atoms with Crippen LogP contribution in [0.3, 0.4) is 0 Å². The molecule has 2 N–H and O–H groups in total. The molecule has 1 aliphatic carbocycles. The number of nitrogens with one attached hydrogen (secondary N) is 1. The van der Waals surface area contributed by atoms with Crippen molar-refractivity contribution < 1.29 is 9.90 Å². The largest absolute Gasteiger partial charge is 0.384 e. The molecule has 112 valence electrons. The van der Waals surface area contributed by atoms with E-state index in [4.69, 9.17) is 5.11 Å². The number of carbonyl (C=O) groups is 1. The first kappa shape index (κ1) is 15.5. The number of hydrogen-bond donors (Lipinski definition) is 2. The molecule has 1 aliphatic rings. The minimum Gasteiger partial charge on any atom is -0.384 e. The van der Waals surface area contributed by atoms with Crippen LogP contribution in [-0.4, -0.2) is 28.6 Å². The van der Waals surface area contributed by atoms with Crippen molar-refractivity contribution in [3.8, 4) is 11.8 Å². The van der Waals surface area contributed by atoms with Crippen molar-refractivity contribution in [2.75, 3.05) is 6.61 Å². The molecule has 0 radical (unpaired) electrons. The normalized spacial score (nSPS) is 20.2. The lowest BCUT2D eigenvalue weighted by Gasteiger charge is -2.35. The average Bonchev–Trinajstić information content (AvgIpc) is 2.44. The minimum absolute atomic E-state index is 0.180. The number of nitrogens with zero attached hydrogens (tertiary/aromatic N) is 1. The zero-order chi connectivity index (χ0) is 15.3. The molecule has 0 spiro atoms. The summed E-state index contributed by atoms with van der Waals surface area (Å²) in [6.45, 7) is 4.25.